The number of benzene rings is 1. The predicted molar refractivity (Wildman–Crippen MR) is 73.3 cm³/mol. The molecule has 18 heavy (non-hydrogen) atoms. The number of aryl methyl sites for hydroxylation is 1. The molecule has 0 saturated carbocycles. The van der Waals surface area contributed by atoms with Crippen molar-refractivity contribution >= 4 is 5.78 Å². The molecule has 0 aliphatic heterocycles. The van der Waals surface area contributed by atoms with Crippen molar-refractivity contribution in [1.29, 1.82) is 0 Å². The monoisotopic (exact) mass is 248 g/mol. The minimum Gasteiger partial charge on any atom is -0.295 e. The SMILES string of the molecule is CC(=O)/C(C)=C(\C)F.CC1CCc2ccccc21. The average Bonchev–Trinajstić information content (AvgIpc) is 2.71. The molecule has 0 bridgehead atoms. The smallest absolute Gasteiger partial charge is 0.158 e. The molecule has 0 aromatic heterocycles. The van der Waals surface area contributed by atoms with Crippen LogP contribution in [0.4, 0.5) is 4.39 Å². The molecule has 0 saturated heterocycles. The molecule has 0 N–H and O–H groups in total. The van der Waals surface area contributed by atoms with Gasteiger partial charge in [-0.3, -0.25) is 4.79 Å². The van der Waals surface area contributed by atoms with Gasteiger partial charge in [-0.2, -0.15) is 0 Å². The highest BCUT2D eigenvalue weighted by atomic mass is 19.1. The molecule has 1 aliphatic carbocycles. The van der Waals surface area contributed by atoms with Crippen LogP contribution in [0.5, 0.6) is 0 Å². The zero-order valence-electron chi connectivity index (χ0n) is 11.6. The molecule has 98 valence electrons. The summed E-state index contributed by atoms with van der Waals surface area (Å²) in [7, 11) is 0. The molecule has 1 unspecified atom stereocenters. The number of fused-ring (bicyclic) bond motifs is 1. The summed E-state index contributed by atoms with van der Waals surface area (Å²) in [5, 5.41) is 0. The lowest BCUT2D eigenvalue weighted by Crippen LogP contribution is -1.91. The van der Waals surface area contributed by atoms with Crippen molar-refractivity contribution < 1.29 is 9.18 Å². The van der Waals surface area contributed by atoms with E-state index in [0.29, 0.717) is 0 Å². The van der Waals surface area contributed by atoms with E-state index in [-0.39, 0.29) is 11.4 Å². The summed E-state index contributed by atoms with van der Waals surface area (Å²) >= 11 is 0. The van der Waals surface area contributed by atoms with Crippen LogP contribution in [-0.2, 0) is 11.2 Å². The van der Waals surface area contributed by atoms with Crippen molar-refractivity contribution in [3.63, 3.8) is 0 Å². The highest BCUT2D eigenvalue weighted by Gasteiger charge is 2.16. The highest BCUT2D eigenvalue weighted by Crippen LogP contribution is 2.31. The molecule has 0 amide bonds. The van der Waals surface area contributed by atoms with Crippen molar-refractivity contribution in [2.45, 2.75) is 46.5 Å². The van der Waals surface area contributed by atoms with Crippen molar-refractivity contribution in [2.75, 3.05) is 0 Å². The second-order valence-corrected chi connectivity index (χ2v) is 4.85. The van der Waals surface area contributed by atoms with Crippen LogP contribution in [0.1, 0.15) is 51.2 Å². The first-order valence-electron chi connectivity index (χ1n) is 6.35. The lowest BCUT2D eigenvalue weighted by molar-refractivity contribution is -0.113. The van der Waals surface area contributed by atoms with Crippen molar-refractivity contribution in [1.82, 2.24) is 0 Å². The Hall–Kier alpha value is -1.44. The highest BCUT2D eigenvalue weighted by molar-refractivity contribution is 5.92. The molecule has 2 rings (SSSR count). The van der Waals surface area contributed by atoms with Crippen LogP contribution >= 0.6 is 0 Å². The molecular formula is C16H21FO. The van der Waals surface area contributed by atoms with E-state index < -0.39 is 5.83 Å². The third-order valence-electron chi connectivity index (χ3n) is 3.48. The van der Waals surface area contributed by atoms with Gasteiger partial charge in [-0.05, 0) is 50.7 Å². The van der Waals surface area contributed by atoms with Gasteiger partial charge in [0.2, 0.25) is 0 Å². The molecule has 2 heteroatoms. The Morgan fingerprint density at radius 3 is 2.28 bits per heavy atom. The van der Waals surface area contributed by atoms with E-state index >= 15 is 0 Å². The van der Waals surface area contributed by atoms with E-state index in [2.05, 4.69) is 31.2 Å². The summed E-state index contributed by atoms with van der Waals surface area (Å²) in [5.41, 5.74) is 3.35. The minimum absolute atomic E-state index is 0.204. The molecule has 0 radical (unpaired) electrons. The Balaban J connectivity index is 0.000000187. The van der Waals surface area contributed by atoms with Crippen molar-refractivity contribution in [3.05, 3.63) is 46.8 Å². The number of halogens is 1. The molecule has 0 fully saturated rings. The Kier molecular flexibility index (Phi) is 5.26. The summed E-state index contributed by atoms with van der Waals surface area (Å²) in [5.74, 6) is 0.207. The summed E-state index contributed by atoms with van der Waals surface area (Å²) in [6, 6.07) is 8.78. The molecule has 1 nitrogen and oxygen atoms in total. The predicted octanol–water partition coefficient (Wildman–Crippen LogP) is 4.58. The van der Waals surface area contributed by atoms with Crippen LogP contribution in [-0.4, -0.2) is 5.78 Å². The van der Waals surface area contributed by atoms with Gasteiger partial charge in [0.05, 0.1) is 0 Å². The van der Waals surface area contributed by atoms with Crippen LogP contribution in [0.3, 0.4) is 0 Å². The van der Waals surface area contributed by atoms with Crippen LogP contribution in [0.15, 0.2) is 35.7 Å². The number of allylic oxidation sites excluding steroid dienone is 2. The maximum Gasteiger partial charge on any atom is 0.158 e. The van der Waals surface area contributed by atoms with Gasteiger partial charge in [0.25, 0.3) is 0 Å². The van der Waals surface area contributed by atoms with Gasteiger partial charge < -0.3 is 0 Å². The number of hydrogen-bond acceptors (Lipinski definition) is 1. The molecule has 1 atom stereocenters. The van der Waals surface area contributed by atoms with Gasteiger partial charge in [0.1, 0.15) is 5.83 Å². The summed E-state index contributed by atoms with van der Waals surface area (Å²) in [6.07, 6.45) is 2.64. The molecule has 1 aromatic carbocycles. The van der Waals surface area contributed by atoms with Gasteiger partial charge in [-0.1, -0.05) is 31.2 Å². The Bertz CT molecular complexity index is 456. The van der Waals surface area contributed by atoms with E-state index in [1.54, 1.807) is 11.1 Å². The van der Waals surface area contributed by atoms with E-state index in [4.69, 9.17) is 0 Å². The number of ketones is 1. The van der Waals surface area contributed by atoms with E-state index in [1.807, 2.05) is 0 Å². The van der Waals surface area contributed by atoms with Gasteiger partial charge in [0, 0.05) is 5.57 Å². The van der Waals surface area contributed by atoms with Gasteiger partial charge in [-0.25, -0.2) is 4.39 Å². The van der Waals surface area contributed by atoms with Gasteiger partial charge in [-0.15, -0.1) is 0 Å². The summed E-state index contributed by atoms with van der Waals surface area (Å²) in [4.78, 5) is 10.3. The van der Waals surface area contributed by atoms with Gasteiger partial charge >= 0.3 is 0 Å². The van der Waals surface area contributed by atoms with Crippen LogP contribution in [0.25, 0.3) is 0 Å². The first kappa shape index (κ1) is 14.6. The number of carbonyl (C=O) groups is 1. The average molecular weight is 248 g/mol. The van der Waals surface area contributed by atoms with Gasteiger partial charge in [0.15, 0.2) is 5.78 Å². The third-order valence-corrected chi connectivity index (χ3v) is 3.48. The van der Waals surface area contributed by atoms with Crippen LogP contribution in [0.2, 0.25) is 0 Å². The van der Waals surface area contributed by atoms with Crippen LogP contribution in [0, 0.1) is 0 Å². The van der Waals surface area contributed by atoms with E-state index in [1.165, 1.54) is 33.6 Å². The third kappa shape index (κ3) is 3.80. The standard InChI is InChI=1S/C10H12.C6H9FO/c1-8-6-7-9-4-2-3-5-10(8)9;1-4(5(2)7)6(3)8/h2-5,8H,6-7H2,1H3;1-3H3/b;5-4+. The largest absolute Gasteiger partial charge is 0.295 e. The second-order valence-electron chi connectivity index (χ2n) is 4.85. The Morgan fingerprint density at radius 1 is 1.22 bits per heavy atom. The first-order valence-corrected chi connectivity index (χ1v) is 6.35. The number of hydrogen-bond donors (Lipinski definition) is 0. The summed E-state index contributed by atoms with van der Waals surface area (Å²) < 4.78 is 12.0. The fraction of sp³-hybridized carbons (Fsp3) is 0.438. The van der Waals surface area contributed by atoms with Crippen molar-refractivity contribution in [2.24, 2.45) is 0 Å². The Labute approximate surface area is 109 Å². The van der Waals surface area contributed by atoms with Crippen LogP contribution < -0.4 is 0 Å². The zero-order chi connectivity index (χ0) is 13.7. The zero-order valence-corrected chi connectivity index (χ0v) is 11.6. The maximum absolute atomic E-state index is 12.0. The Morgan fingerprint density at radius 2 is 1.83 bits per heavy atom. The quantitative estimate of drug-likeness (QED) is 0.665. The maximum atomic E-state index is 12.0. The molecule has 1 aromatic rings. The molecular weight excluding hydrogens is 227 g/mol. The minimum atomic E-state index is -0.391. The lowest BCUT2D eigenvalue weighted by atomic mass is 10.0. The normalized spacial score (nSPS) is 18.4. The van der Waals surface area contributed by atoms with Crippen molar-refractivity contribution in [3.8, 4) is 0 Å². The number of carbonyl (C=O) groups excluding carboxylic acids is 1. The first-order chi connectivity index (χ1) is 8.43. The molecule has 0 heterocycles. The van der Waals surface area contributed by atoms with E-state index in [0.717, 1.165) is 5.92 Å². The van der Waals surface area contributed by atoms with E-state index in [9.17, 15) is 9.18 Å². The fourth-order valence-corrected chi connectivity index (χ4v) is 2.01. The molecule has 1 aliphatic rings. The lowest BCUT2D eigenvalue weighted by Gasteiger charge is -2.01. The topological polar surface area (TPSA) is 17.1 Å². The number of Topliss-reactive ketones (excluding diaryl/α,β-unsaturated/α-hetero) is 1. The second kappa shape index (κ2) is 6.48. The molecule has 0 spiro atoms. The summed E-state index contributed by atoms with van der Waals surface area (Å²) in [6.45, 7) is 6.40. The fourth-order valence-electron chi connectivity index (χ4n) is 2.01. The number of rotatable bonds is 1.